The van der Waals surface area contributed by atoms with Gasteiger partial charge in [0.2, 0.25) is 10.0 Å². The lowest BCUT2D eigenvalue weighted by molar-refractivity contribution is 0.0172. The number of aromatic nitrogens is 2. The molecule has 1 fully saturated rings. The zero-order valence-electron chi connectivity index (χ0n) is 16.1. The van der Waals surface area contributed by atoms with Crippen molar-refractivity contribution in [1.29, 1.82) is 0 Å². The minimum absolute atomic E-state index is 0.00601. The van der Waals surface area contributed by atoms with E-state index < -0.39 is 21.1 Å². The predicted octanol–water partition coefficient (Wildman–Crippen LogP) is 0.568. The number of fused-ring (bicyclic) bond motifs is 1. The third-order valence-corrected chi connectivity index (χ3v) is 6.56. The van der Waals surface area contributed by atoms with Gasteiger partial charge < -0.3 is 14.7 Å². The van der Waals surface area contributed by atoms with Gasteiger partial charge in [-0.3, -0.25) is 14.5 Å². The Morgan fingerprint density at radius 2 is 1.63 bits per heavy atom. The Morgan fingerprint density at radius 3 is 2.33 bits per heavy atom. The van der Waals surface area contributed by atoms with Crippen molar-refractivity contribution in [3.63, 3.8) is 0 Å². The van der Waals surface area contributed by atoms with Crippen LogP contribution in [0.5, 0.6) is 0 Å². The van der Waals surface area contributed by atoms with E-state index in [0.717, 1.165) is 5.56 Å². The molecule has 2 heterocycles. The number of hydrogen-bond acceptors (Lipinski definition) is 6. The van der Waals surface area contributed by atoms with Crippen molar-refractivity contribution in [2.24, 2.45) is 0 Å². The van der Waals surface area contributed by atoms with Crippen LogP contribution in [0.1, 0.15) is 11.6 Å². The van der Waals surface area contributed by atoms with Gasteiger partial charge in [-0.2, -0.15) is 0 Å². The summed E-state index contributed by atoms with van der Waals surface area (Å²) in [6, 6.07) is 13.8. The first-order chi connectivity index (χ1) is 14.4. The zero-order valence-corrected chi connectivity index (χ0v) is 16.9. The summed E-state index contributed by atoms with van der Waals surface area (Å²) in [4.78, 5) is 30.0. The molecule has 1 aliphatic heterocycles. The van der Waals surface area contributed by atoms with Gasteiger partial charge in [-0.15, -0.1) is 0 Å². The van der Waals surface area contributed by atoms with E-state index in [1.165, 1.54) is 18.2 Å². The van der Waals surface area contributed by atoms with E-state index in [2.05, 4.69) is 19.6 Å². The molecule has 0 radical (unpaired) electrons. The van der Waals surface area contributed by atoms with Crippen molar-refractivity contribution < 1.29 is 13.2 Å². The van der Waals surface area contributed by atoms with Crippen molar-refractivity contribution in [2.75, 3.05) is 32.8 Å². The highest BCUT2D eigenvalue weighted by Gasteiger charge is 2.25. The Balaban J connectivity index is 1.59. The van der Waals surface area contributed by atoms with Crippen molar-refractivity contribution in [2.45, 2.75) is 10.9 Å². The fourth-order valence-corrected chi connectivity index (χ4v) is 4.62. The molecule has 1 atom stereocenters. The molecule has 3 N–H and O–H groups in total. The van der Waals surface area contributed by atoms with E-state index in [4.69, 9.17) is 4.74 Å². The number of rotatable bonds is 6. The molecule has 3 aromatic rings. The number of H-pyrrole nitrogens is 2. The third kappa shape index (κ3) is 4.36. The van der Waals surface area contributed by atoms with Crippen molar-refractivity contribution in [3.05, 3.63) is 74.8 Å². The SMILES string of the molecule is O=c1[nH]c2ccc(S(=O)(=O)NCC(c3ccccc3)N3CCOCC3)cc2[nH]c1=O. The molecule has 2 aromatic carbocycles. The molecule has 1 unspecified atom stereocenters. The molecule has 0 amide bonds. The standard InChI is InChI=1S/C20H22N4O5S/c25-19-20(26)23-17-12-15(6-7-16(17)22-19)30(27,28)21-13-18(14-4-2-1-3-5-14)24-8-10-29-11-9-24/h1-7,12,18,21H,8-11,13H2,(H,22,25)(H,23,26). The van der Waals surface area contributed by atoms with Crippen molar-refractivity contribution in [3.8, 4) is 0 Å². The fourth-order valence-electron chi connectivity index (χ4n) is 3.56. The summed E-state index contributed by atoms with van der Waals surface area (Å²) in [6.07, 6.45) is 0. The molecule has 0 saturated carbocycles. The van der Waals surface area contributed by atoms with Crippen LogP contribution in [0, 0.1) is 0 Å². The van der Waals surface area contributed by atoms with Gasteiger partial charge in [-0.1, -0.05) is 30.3 Å². The van der Waals surface area contributed by atoms with Gasteiger partial charge in [0.25, 0.3) is 0 Å². The molecule has 0 aliphatic carbocycles. The third-order valence-electron chi connectivity index (χ3n) is 5.14. The highest BCUT2D eigenvalue weighted by molar-refractivity contribution is 7.89. The molecule has 1 saturated heterocycles. The molecular formula is C20H22N4O5S. The van der Waals surface area contributed by atoms with Crippen molar-refractivity contribution >= 4 is 21.1 Å². The monoisotopic (exact) mass is 430 g/mol. The summed E-state index contributed by atoms with van der Waals surface area (Å²) >= 11 is 0. The van der Waals surface area contributed by atoms with Crippen LogP contribution in [0.25, 0.3) is 11.0 Å². The first kappa shape index (κ1) is 20.5. The first-order valence-electron chi connectivity index (χ1n) is 9.57. The van der Waals surface area contributed by atoms with E-state index in [9.17, 15) is 18.0 Å². The van der Waals surface area contributed by atoms with Gasteiger partial charge in [-0.25, -0.2) is 13.1 Å². The lowest BCUT2D eigenvalue weighted by Crippen LogP contribution is -2.43. The highest BCUT2D eigenvalue weighted by Crippen LogP contribution is 2.22. The summed E-state index contributed by atoms with van der Waals surface area (Å²) < 4.78 is 34.0. The summed E-state index contributed by atoms with van der Waals surface area (Å²) in [6.45, 7) is 2.82. The van der Waals surface area contributed by atoms with E-state index in [1.54, 1.807) is 0 Å². The topological polar surface area (TPSA) is 124 Å². The molecular weight excluding hydrogens is 408 g/mol. The number of hydrogen-bond donors (Lipinski definition) is 3. The maximum Gasteiger partial charge on any atom is 0.314 e. The molecule has 0 spiro atoms. The largest absolute Gasteiger partial charge is 0.379 e. The quantitative estimate of drug-likeness (QED) is 0.491. The second kappa shape index (κ2) is 8.52. The molecule has 4 rings (SSSR count). The lowest BCUT2D eigenvalue weighted by Gasteiger charge is -2.34. The predicted molar refractivity (Wildman–Crippen MR) is 112 cm³/mol. The minimum Gasteiger partial charge on any atom is -0.379 e. The van der Waals surface area contributed by atoms with E-state index in [-0.39, 0.29) is 23.0 Å². The Morgan fingerprint density at radius 1 is 0.967 bits per heavy atom. The first-order valence-corrected chi connectivity index (χ1v) is 11.1. The molecule has 158 valence electrons. The van der Waals surface area contributed by atoms with Gasteiger partial charge in [-0.05, 0) is 23.8 Å². The molecule has 1 aromatic heterocycles. The fraction of sp³-hybridized carbons (Fsp3) is 0.300. The number of morpholine rings is 1. The minimum atomic E-state index is -3.84. The number of benzene rings is 2. The van der Waals surface area contributed by atoms with Crippen molar-refractivity contribution in [1.82, 2.24) is 19.6 Å². The van der Waals surface area contributed by atoms with Crippen LogP contribution >= 0.6 is 0 Å². The van der Waals surface area contributed by atoms with Crippen LogP contribution < -0.4 is 15.8 Å². The molecule has 1 aliphatic rings. The second-order valence-corrected chi connectivity index (χ2v) is 8.81. The summed E-state index contributed by atoms with van der Waals surface area (Å²) in [7, 11) is -3.84. The number of nitrogens with one attached hydrogen (secondary N) is 3. The molecule has 9 nitrogen and oxygen atoms in total. The Labute approximate surface area is 172 Å². The van der Waals surface area contributed by atoms with Gasteiger partial charge in [0.1, 0.15) is 0 Å². The highest BCUT2D eigenvalue weighted by atomic mass is 32.2. The maximum atomic E-state index is 12.9. The average molecular weight is 430 g/mol. The number of sulfonamides is 1. The average Bonchev–Trinajstić information content (AvgIpc) is 2.76. The molecule has 10 heteroatoms. The second-order valence-electron chi connectivity index (χ2n) is 7.04. The summed E-state index contributed by atoms with van der Waals surface area (Å²) in [5.74, 6) is 0. The van der Waals surface area contributed by atoms with E-state index in [1.807, 2.05) is 30.3 Å². The van der Waals surface area contributed by atoms with Gasteiger partial charge >= 0.3 is 11.1 Å². The lowest BCUT2D eigenvalue weighted by atomic mass is 10.1. The van der Waals surface area contributed by atoms with Gasteiger partial charge in [0.05, 0.1) is 29.1 Å². The number of nitrogens with zero attached hydrogens (tertiary/aromatic N) is 1. The van der Waals surface area contributed by atoms with E-state index in [0.29, 0.717) is 31.8 Å². The zero-order chi connectivity index (χ0) is 21.1. The van der Waals surface area contributed by atoms with Gasteiger partial charge in [0, 0.05) is 25.7 Å². The van der Waals surface area contributed by atoms with Crippen LogP contribution in [0.2, 0.25) is 0 Å². The van der Waals surface area contributed by atoms with Crippen LogP contribution in [0.15, 0.2) is 63.0 Å². The summed E-state index contributed by atoms with van der Waals surface area (Å²) in [5, 5.41) is 0. The maximum absolute atomic E-state index is 12.9. The Hall–Kier alpha value is -2.79. The van der Waals surface area contributed by atoms with Gasteiger partial charge in [0.15, 0.2) is 0 Å². The summed E-state index contributed by atoms with van der Waals surface area (Å²) in [5.41, 5.74) is 0.000668. The smallest absolute Gasteiger partial charge is 0.314 e. The molecule has 30 heavy (non-hydrogen) atoms. The van der Waals surface area contributed by atoms with Crippen LogP contribution in [-0.2, 0) is 14.8 Å². The Kier molecular flexibility index (Phi) is 5.82. The number of ether oxygens (including phenoxy) is 1. The van der Waals surface area contributed by atoms with E-state index >= 15 is 0 Å². The number of aromatic amines is 2. The van der Waals surface area contributed by atoms with Crippen LogP contribution in [0.3, 0.4) is 0 Å². The van der Waals surface area contributed by atoms with Crippen LogP contribution in [-0.4, -0.2) is 56.1 Å². The Bertz CT molecular complexity index is 1250. The van der Waals surface area contributed by atoms with Crippen LogP contribution in [0.4, 0.5) is 0 Å². The normalized spacial score (nSPS) is 16.5. The molecule has 0 bridgehead atoms.